The van der Waals surface area contributed by atoms with E-state index in [4.69, 9.17) is 16.3 Å². The van der Waals surface area contributed by atoms with Crippen LogP contribution in [0, 0.1) is 13.8 Å². The SMILES string of the molecule is Cc1ccc(C)c(Oc2cc(Cl)ccc2C=O)c1. The van der Waals surface area contributed by atoms with E-state index in [-0.39, 0.29) is 0 Å². The van der Waals surface area contributed by atoms with E-state index in [1.807, 2.05) is 32.0 Å². The van der Waals surface area contributed by atoms with Gasteiger partial charge in [-0.25, -0.2) is 0 Å². The molecular formula is C15H13ClO2. The Morgan fingerprint density at radius 1 is 1.06 bits per heavy atom. The summed E-state index contributed by atoms with van der Waals surface area (Å²) in [7, 11) is 0. The molecule has 0 aliphatic rings. The Labute approximate surface area is 111 Å². The van der Waals surface area contributed by atoms with E-state index in [0.29, 0.717) is 16.3 Å². The fraction of sp³-hybridized carbons (Fsp3) is 0.133. The van der Waals surface area contributed by atoms with Crippen LogP contribution in [-0.4, -0.2) is 6.29 Å². The van der Waals surface area contributed by atoms with Gasteiger partial charge in [-0.1, -0.05) is 23.7 Å². The van der Waals surface area contributed by atoms with Crippen molar-refractivity contribution in [3.63, 3.8) is 0 Å². The summed E-state index contributed by atoms with van der Waals surface area (Å²) in [4.78, 5) is 11.0. The highest BCUT2D eigenvalue weighted by Gasteiger charge is 2.07. The molecule has 18 heavy (non-hydrogen) atoms. The molecule has 2 nitrogen and oxygen atoms in total. The third kappa shape index (κ3) is 2.71. The van der Waals surface area contributed by atoms with Gasteiger partial charge in [-0.15, -0.1) is 0 Å². The van der Waals surface area contributed by atoms with Gasteiger partial charge in [0.1, 0.15) is 11.5 Å². The van der Waals surface area contributed by atoms with E-state index in [1.54, 1.807) is 18.2 Å². The van der Waals surface area contributed by atoms with Crippen molar-refractivity contribution in [2.24, 2.45) is 0 Å². The summed E-state index contributed by atoms with van der Waals surface area (Å²) in [6, 6.07) is 10.9. The number of carbonyl (C=O) groups is 1. The molecule has 0 spiro atoms. The number of aryl methyl sites for hydroxylation is 2. The third-order valence-electron chi connectivity index (χ3n) is 2.67. The molecule has 0 saturated heterocycles. The minimum absolute atomic E-state index is 0.478. The Kier molecular flexibility index (Phi) is 3.68. The van der Waals surface area contributed by atoms with Crippen LogP contribution in [-0.2, 0) is 0 Å². The van der Waals surface area contributed by atoms with E-state index in [1.165, 1.54) is 0 Å². The van der Waals surface area contributed by atoms with E-state index in [2.05, 4.69) is 0 Å². The number of carbonyl (C=O) groups excluding carboxylic acids is 1. The predicted molar refractivity (Wildman–Crippen MR) is 72.8 cm³/mol. The molecule has 0 bridgehead atoms. The third-order valence-corrected chi connectivity index (χ3v) is 2.90. The van der Waals surface area contributed by atoms with Crippen LogP contribution in [0.4, 0.5) is 0 Å². The van der Waals surface area contributed by atoms with Crippen LogP contribution in [0.5, 0.6) is 11.5 Å². The summed E-state index contributed by atoms with van der Waals surface area (Å²) in [5, 5.41) is 0.543. The van der Waals surface area contributed by atoms with Crippen molar-refractivity contribution < 1.29 is 9.53 Å². The zero-order chi connectivity index (χ0) is 13.1. The highest BCUT2D eigenvalue weighted by atomic mass is 35.5. The van der Waals surface area contributed by atoms with Crippen LogP contribution >= 0.6 is 11.6 Å². The van der Waals surface area contributed by atoms with Gasteiger partial charge in [0.2, 0.25) is 0 Å². The minimum Gasteiger partial charge on any atom is -0.456 e. The Bertz CT molecular complexity index is 591. The van der Waals surface area contributed by atoms with Crippen LogP contribution in [0.3, 0.4) is 0 Å². The summed E-state index contributed by atoms with van der Waals surface area (Å²) >= 11 is 5.92. The first-order valence-electron chi connectivity index (χ1n) is 5.60. The molecule has 0 radical (unpaired) electrons. The van der Waals surface area contributed by atoms with E-state index in [0.717, 1.165) is 23.2 Å². The molecule has 0 heterocycles. The number of hydrogen-bond donors (Lipinski definition) is 0. The molecule has 0 amide bonds. The number of aldehydes is 1. The molecule has 0 N–H and O–H groups in total. The summed E-state index contributed by atoms with van der Waals surface area (Å²) in [5.41, 5.74) is 2.60. The highest BCUT2D eigenvalue weighted by molar-refractivity contribution is 6.30. The smallest absolute Gasteiger partial charge is 0.153 e. The van der Waals surface area contributed by atoms with Crippen molar-refractivity contribution >= 4 is 17.9 Å². The maximum Gasteiger partial charge on any atom is 0.153 e. The first kappa shape index (κ1) is 12.7. The molecule has 2 rings (SSSR count). The van der Waals surface area contributed by atoms with Gasteiger partial charge in [-0.3, -0.25) is 4.79 Å². The number of rotatable bonds is 3. The monoisotopic (exact) mass is 260 g/mol. The van der Waals surface area contributed by atoms with Crippen molar-refractivity contribution in [3.05, 3.63) is 58.1 Å². The Morgan fingerprint density at radius 3 is 2.56 bits per heavy atom. The second kappa shape index (κ2) is 5.23. The zero-order valence-corrected chi connectivity index (χ0v) is 11.0. The molecule has 0 aromatic heterocycles. The van der Waals surface area contributed by atoms with E-state index < -0.39 is 0 Å². The van der Waals surface area contributed by atoms with Gasteiger partial charge in [0, 0.05) is 11.1 Å². The van der Waals surface area contributed by atoms with Gasteiger partial charge in [-0.2, -0.15) is 0 Å². The molecular weight excluding hydrogens is 248 g/mol. The van der Waals surface area contributed by atoms with Gasteiger partial charge in [0.25, 0.3) is 0 Å². The molecule has 0 atom stereocenters. The second-order valence-electron chi connectivity index (χ2n) is 4.17. The van der Waals surface area contributed by atoms with Crippen molar-refractivity contribution in [3.8, 4) is 11.5 Å². The van der Waals surface area contributed by atoms with Gasteiger partial charge in [0.15, 0.2) is 6.29 Å². The normalized spacial score (nSPS) is 10.2. The maximum absolute atomic E-state index is 11.0. The van der Waals surface area contributed by atoms with Crippen LogP contribution in [0.15, 0.2) is 36.4 Å². The second-order valence-corrected chi connectivity index (χ2v) is 4.61. The van der Waals surface area contributed by atoms with Crippen molar-refractivity contribution in [1.29, 1.82) is 0 Å². The van der Waals surface area contributed by atoms with Crippen LogP contribution in [0.1, 0.15) is 21.5 Å². The van der Waals surface area contributed by atoms with Gasteiger partial charge >= 0.3 is 0 Å². The Hall–Kier alpha value is -1.80. The summed E-state index contributed by atoms with van der Waals surface area (Å²) < 4.78 is 5.78. The molecule has 0 unspecified atom stereocenters. The molecule has 92 valence electrons. The zero-order valence-electron chi connectivity index (χ0n) is 10.2. The minimum atomic E-state index is 0.478. The topological polar surface area (TPSA) is 26.3 Å². The molecule has 2 aromatic rings. The van der Waals surface area contributed by atoms with Crippen molar-refractivity contribution in [1.82, 2.24) is 0 Å². The molecule has 0 fully saturated rings. The number of ether oxygens (including phenoxy) is 1. The molecule has 0 aliphatic carbocycles. The fourth-order valence-electron chi connectivity index (χ4n) is 1.63. The number of benzene rings is 2. The van der Waals surface area contributed by atoms with Crippen LogP contribution < -0.4 is 4.74 Å². The van der Waals surface area contributed by atoms with Crippen molar-refractivity contribution in [2.45, 2.75) is 13.8 Å². The Morgan fingerprint density at radius 2 is 1.83 bits per heavy atom. The molecule has 0 saturated carbocycles. The fourth-order valence-corrected chi connectivity index (χ4v) is 1.79. The highest BCUT2D eigenvalue weighted by Crippen LogP contribution is 2.30. The van der Waals surface area contributed by atoms with Gasteiger partial charge < -0.3 is 4.74 Å². The maximum atomic E-state index is 11.0. The van der Waals surface area contributed by atoms with Crippen molar-refractivity contribution in [2.75, 3.05) is 0 Å². The average molecular weight is 261 g/mol. The van der Waals surface area contributed by atoms with Gasteiger partial charge in [-0.05, 0) is 43.2 Å². The lowest BCUT2D eigenvalue weighted by Crippen LogP contribution is -1.92. The summed E-state index contributed by atoms with van der Waals surface area (Å²) in [5.74, 6) is 1.21. The van der Waals surface area contributed by atoms with Crippen LogP contribution in [0.25, 0.3) is 0 Å². The van der Waals surface area contributed by atoms with Crippen LogP contribution in [0.2, 0.25) is 5.02 Å². The predicted octanol–water partition coefficient (Wildman–Crippen LogP) is 4.56. The standard InChI is InChI=1S/C15H13ClO2/c1-10-3-4-11(2)14(7-10)18-15-8-13(16)6-5-12(15)9-17/h3-9H,1-2H3. The first-order chi connectivity index (χ1) is 8.60. The number of halogens is 1. The lowest BCUT2D eigenvalue weighted by molar-refractivity contribution is 0.112. The Balaban J connectivity index is 2.41. The molecule has 3 heteroatoms. The van der Waals surface area contributed by atoms with E-state index in [9.17, 15) is 4.79 Å². The summed E-state index contributed by atoms with van der Waals surface area (Å²) in [6.45, 7) is 3.95. The number of hydrogen-bond acceptors (Lipinski definition) is 2. The lowest BCUT2D eigenvalue weighted by atomic mass is 10.1. The summed E-state index contributed by atoms with van der Waals surface area (Å²) in [6.07, 6.45) is 0.761. The molecule has 0 aliphatic heterocycles. The van der Waals surface area contributed by atoms with Gasteiger partial charge in [0.05, 0.1) is 5.56 Å². The van der Waals surface area contributed by atoms with E-state index >= 15 is 0 Å². The average Bonchev–Trinajstić information content (AvgIpc) is 2.34. The quantitative estimate of drug-likeness (QED) is 0.756. The first-order valence-corrected chi connectivity index (χ1v) is 5.98. The largest absolute Gasteiger partial charge is 0.456 e. The lowest BCUT2D eigenvalue weighted by Gasteiger charge is -2.11. The molecule has 2 aromatic carbocycles.